The molecule has 0 fully saturated rings. The van der Waals surface area contributed by atoms with Crippen LogP contribution in [0, 0.1) is 0 Å². The summed E-state index contributed by atoms with van der Waals surface area (Å²) in [7, 11) is 0. The van der Waals surface area contributed by atoms with Crippen molar-refractivity contribution in [2.75, 3.05) is 24.5 Å². The Balaban J connectivity index is 2.28. The van der Waals surface area contributed by atoms with Crippen molar-refractivity contribution in [2.45, 2.75) is 72.3 Å². The third-order valence-electron chi connectivity index (χ3n) is 4.07. The monoisotopic (exact) mass is 304 g/mol. The maximum Gasteiger partial charge on any atom is 0.0366 e. The zero-order valence-electron chi connectivity index (χ0n) is 15.0. The van der Waals surface area contributed by atoms with Crippen LogP contribution >= 0.6 is 0 Å². The molecular formula is C20H36N2. The van der Waals surface area contributed by atoms with Gasteiger partial charge in [-0.15, -0.1) is 0 Å². The van der Waals surface area contributed by atoms with Crippen LogP contribution in [0.15, 0.2) is 24.3 Å². The SMILES string of the molecule is CCCCCCCNCc1ccc(N(CCC)CCC)cc1. The van der Waals surface area contributed by atoms with Crippen LogP contribution in [0.2, 0.25) is 0 Å². The van der Waals surface area contributed by atoms with Gasteiger partial charge in [0.1, 0.15) is 0 Å². The molecule has 0 saturated heterocycles. The van der Waals surface area contributed by atoms with E-state index in [1.54, 1.807) is 0 Å². The molecule has 1 N–H and O–H groups in total. The third-order valence-corrected chi connectivity index (χ3v) is 4.07. The van der Waals surface area contributed by atoms with Crippen LogP contribution in [-0.2, 0) is 6.54 Å². The lowest BCUT2D eigenvalue weighted by atomic mass is 10.1. The molecule has 126 valence electrons. The summed E-state index contributed by atoms with van der Waals surface area (Å²) in [5.74, 6) is 0. The Bertz CT molecular complexity index is 352. The maximum absolute atomic E-state index is 3.56. The van der Waals surface area contributed by atoms with Crippen LogP contribution < -0.4 is 10.2 Å². The fourth-order valence-electron chi connectivity index (χ4n) is 2.82. The Morgan fingerprint density at radius 3 is 2.00 bits per heavy atom. The van der Waals surface area contributed by atoms with Gasteiger partial charge in [0.2, 0.25) is 0 Å². The highest BCUT2D eigenvalue weighted by Crippen LogP contribution is 2.16. The molecule has 1 rings (SSSR count). The molecule has 0 saturated carbocycles. The summed E-state index contributed by atoms with van der Waals surface area (Å²) in [5.41, 5.74) is 2.76. The van der Waals surface area contributed by atoms with Gasteiger partial charge in [0.25, 0.3) is 0 Å². The summed E-state index contributed by atoms with van der Waals surface area (Å²) in [5, 5.41) is 3.56. The van der Waals surface area contributed by atoms with E-state index in [2.05, 4.69) is 55.3 Å². The van der Waals surface area contributed by atoms with E-state index in [-0.39, 0.29) is 0 Å². The van der Waals surface area contributed by atoms with Gasteiger partial charge in [-0.25, -0.2) is 0 Å². The van der Waals surface area contributed by atoms with Crippen LogP contribution in [-0.4, -0.2) is 19.6 Å². The Kier molecular flexibility index (Phi) is 10.8. The number of hydrogen-bond donors (Lipinski definition) is 1. The Morgan fingerprint density at radius 1 is 0.773 bits per heavy atom. The minimum atomic E-state index is 0.996. The number of nitrogens with one attached hydrogen (secondary N) is 1. The second-order valence-electron chi connectivity index (χ2n) is 6.24. The fourth-order valence-corrected chi connectivity index (χ4v) is 2.82. The first-order chi connectivity index (χ1) is 10.8. The van der Waals surface area contributed by atoms with E-state index in [1.807, 2.05) is 0 Å². The molecule has 0 aliphatic heterocycles. The van der Waals surface area contributed by atoms with Crippen molar-refractivity contribution in [3.05, 3.63) is 29.8 Å². The molecule has 0 heterocycles. The average molecular weight is 305 g/mol. The van der Waals surface area contributed by atoms with Gasteiger partial charge in [0, 0.05) is 25.3 Å². The van der Waals surface area contributed by atoms with E-state index in [0.29, 0.717) is 0 Å². The summed E-state index contributed by atoms with van der Waals surface area (Å²) in [6, 6.07) is 9.11. The molecule has 0 radical (unpaired) electrons. The van der Waals surface area contributed by atoms with Crippen LogP contribution in [0.3, 0.4) is 0 Å². The van der Waals surface area contributed by atoms with E-state index in [1.165, 1.54) is 56.2 Å². The summed E-state index contributed by atoms with van der Waals surface area (Å²) < 4.78 is 0. The van der Waals surface area contributed by atoms with Crippen molar-refractivity contribution >= 4 is 5.69 Å². The van der Waals surface area contributed by atoms with Crippen LogP contribution in [0.5, 0.6) is 0 Å². The van der Waals surface area contributed by atoms with E-state index in [0.717, 1.165) is 26.2 Å². The van der Waals surface area contributed by atoms with E-state index < -0.39 is 0 Å². The molecule has 1 aromatic carbocycles. The summed E-state index contributed by atoms with van der Waals surface area (Å²) in [6.45, 7) is 11.2. The first-order valence-corrected chi connectivity index (χ1v) is 9.36. The number of nitrogens with zero attached hydrogens (tertiary/aromatic N) is 1. The molecule has 0 aliphatic rings. The molecule has 0 aliphatic carbocycles. The van der Waals surface area contributed by atoms with Gasteiger partial charge in [0.15, 0.2) is 0 Å². The number of anilines is 1. The zero-order chi connectivity index (χ0) is 16.0. The lowest BCUT2D eigenvalue weighted by molar-refractivity contribution is 0.583. The Morgan fingerprint density at radius 2 is 1.41 bits per heavy atom. The topological polar surface area (TPSA) is 15.3 Å². The molecule has 2 nitrogen and oxygen atoms in total. The van der Waals surface area contributed by atoms with Gasteiger partial charge >= 0.3 is 0 Å². The number of benzene rings is 1. The number of hydrogen-bond acceptors (Lipinski definition) is 2. The van der Waals surface area contributed by atoms with Crippen molar-refractivity contribution in [1.29, 1.82) is 0 Å². The predicted octanol–water partition coefficient (Wildman–Crippen LogP) is 5.37. The molecule has 0 bridgehead atoms. The summed E-state index contributed by atoms with van der Waals surface area (Å²) in [4.78, 5) is 2.49. The van der Waals surface area contributed by atoms with E-state index in [4.69, 9.17) is 0 Å². The highest BCUT2D eigenvalue weighted by atomic mass is 15.1. The van der Waals surface area contributed by atoms with Crippen molar-refractivity contribution < 1.29 is 0 Å². The predicted molar refractivity (Wildman–Crippen MR) is 99.7 cm³/mol. The molecular weight excluding hydrogens is 268 g/mol. The second kappa shape index (κ2) is 12.5. The highest BCUT2D eigenvalue weighted by molar-refractivity contribution is 5.47. The first kappa shape index (κ1) is 19.0. The zero-order valence-corrected chi connectivity index (χ0v) is 15.0. The fraction of sp³-hybridized carbons (Fsp3) is 0.700. The largest absolute Gasteiger partial charge is 0.372 e. The van der Waals surface area contributed by atoms with Crippen molar-refractivity contribution in [1.82, 2.24) is 5.32 Å². The van der Waals surface area contributed by atoms with Gasteiger partial charge < -0.3 is 10.2 Å². The molecule has 1 aromatic rings. The average Bonchev–Trinajstić information content (AvgIpc) is 2.54. The van der Waals surface area contributed by atoms with Gasteiger partial charge in [-0.1, -0.05) is 58.6 Å². The smallest absolute Gasteiger partial charge is 0.0366 e. The minimum absolute atomic E-state index is 0.996. The van der Waals surface area contributed by atoms with Crippen molar-refractivity contribution in [3.63, 3.8) is 0 Å². The highest BCUT2D eigenvalue weighted by Gasteiger charge is 2.04. The summed E-state index contributed by atoms with van der Waals surface area (Å²) in [6.07, 6.45) is 9.18. The lowest BCUT2D eigenvalue weighted by Crippen LogP contribution is -2.24. The van der Waals surface area contributed by atoms with Gasteiger partial charge in [0.05, 0.1) is 0 Å². The van der Waals surface area contributed by atoms with Crippen LogP contribution in [0.4, 0.5) is 5.69 Å². The Labute approximate surface area is 138 Å². The third kappa shape index (κ3) is 7.84. The normalized spacial score (nSPS) is 10.9. The molecule has 22 heavy (non-hydrogen) atoms. The molecule has 0 amide bonds. The van der Waals surface area contributed by atoms with Crippen molar-refractivity contribution in [2.24, 2.45) is 0 Å². The molecule has 0 atom stereocenters. The first-order valence-electron chi connectivity index (χ1n) is 9.36. The molecule has 0 unspecified atom stereocenters. The number of rotatable bonds is 13. The summed E-state index contributed by atoms with van der Waals surface area (Å²) >= 11 is 0. The molecule has 0 spiro atoms. The van der Waals surface area contributed by atoms with Crippen LogP contribution in [0.25, 0.3) is 0 Å². The maximum atomic E-state index is 3.56. The van der Waals surface area contributed by atoms with Crippen molar-refractivity contribution in [3.8, 4) is 0 Å². The van der Waals surface area contributed by atoms with Gasteiger partial charge in [-0.05, 0) is 43.5 Å². The van der Waals surface area contributed by atoms with Crippen LogP contribution in [0.1, 0.15) is 71.3 Å². The van der Waals surface area contributed by atoms with Gasteiger partial charge in [-0.3, -0.25) is 0 Å². The number of unbranched alkanes of at least 4 members (excludes halogenated alkanes) is 4. The molecule has 0 aromatic heterocycles. The van der Waals surface area contributed by atoms with Gasteiger partial charge in [-0.2, -0.15) is 0 Å². The standard InChI is InChI=1S/C20H36N2/c1-4-7-8-9-10-15-21-18-19-11-13-20(14-12-19)22(16-5-2)17-6-3/h11-14,21H,4-10,15-18H2,1-3H3. The minimum Gasteiger partial charge on any atom is -0.372 e. The quantitative estimate of drug-likeness (QED) is 0.493. The van der Waals surface area contributed by atoms with E-state index >= 15 is 0 Å². The molecule has 2 heteroatoms. The van der Waals surface area contributed by atoms with E-state index in [9.17, 15) is 0 Å². The Hall–Kier alpha value is -1.02. The second-order valence-corrected chi connectivity index (χ2v) is 6.24. The lowest BCUT2D eigenvalue weighted by Gasteiger charge is -2.24.